The van der Waals surface area contributed by atoms with Crippen LogP contribution >= 0.6 is 0 Å². The van der Waals surface area contributed by atoms with E-state index in [1.54, 1.807) is 42.1 Å². The Labute approximate surface area is 145 Å². The first-order chi connectivity index (χ1) is 12.0. The summed E-state index contributed by atoms with van der Waals surface area (Å²) in [6.45, 7) is 0. The second-order valence-corrected chi connectivity index (χ2v) is 5.53. The lowest BCUT2D eigenvalue weighted by atomic mass is 9.82. The summed E-state index contributed by atoms with van der Waals surface area (Å²) in [7, 11) is 4.09. The fourth-order valence-corrected chi connectivity index (χ4v) is 2.73. The summed E-state index contributed by atoms with van der Waals surface area (Å²) < 4.78 is 11.1. The Morgan fingerprint density at radius 3 is 2.16 bits per heavy atom. The van der Waals surface area contributed by atoms with E-state index in [-0.39, 0.29) is 18.0 Å². The van der Waals surface area contributed by atoms with Gasteiger partial charge in [-0.05, 0) is 5.56 Å². The number of aryl methyl sites for hydroxylation is 1. The Balaban J connectivity index is 2.42. The number of nitrogens with zero attached hydrogens (tertiary/aromatic N) is 2. The van der Waals surface area contributed by atoms with Crippen molar-refractivity contribution < 1.29 is 23.9 Å². The lowest BCUT2D eigenvalue weighted by Gasteiger charge is -2.23. The van der Waals surface area contributed by atoms with Crippen LogP contribution in [0.2, 0.25) is 0 Å². The Bertz CT molecular complexity index is 738. The van der Waals surface area contributed by atoms with Crippen LogP contribution in [0, 0.1) is 5.92 Å². The smallest absolute Gasteiger partial charge is 0.320 e. The molecule has 1 aromatic heterocycles. The molecule has 0 N–H and O–H groups in total. The van der Waals surface area contributed by atoms with Gasteiger partial charge < -0.3 is 14.0 Å². The van der Waals surface area contributed by atoms with Gasteiger partial charge in [0.1, 0.15) is 0 Å². The van der Waals surface area contributed by atoms with Gasteiger partial charge in [0.2, 0.25) is 0 Å². The highest BCUT2D eigenvalue weighted by molar-refractivity contribution is 5.98. The summed E-state index contributed by atoms with van der Waals surface area (Å²) in [4.78, 5) is 41.1. The van der Waals surface area contributed by atoms with Crippen LogP contribution in [0.1, 0.15) is 28.5 Å². The minimum Gasteiger partial charge on any atom is -0.468 e. The summed E-state index contributed by atoms with van der Waals surface area (Å²) in [5.74, 6) is -3.46. The number of Topliss-reactive ketones (excluding diaryl/α,β-unsaturated/α-hetero) is 1. The highest BCUT2D eigenvalue weighted by Crippen LogP contribution is 2.31. The molecule has 7 heteroatoms. The number of methoxy groups -OCH3 is 2. The van der Waals surface area contributed by atoms with E-state index >= 15 is 0 Å². The predicted molar refractivity (Wildman–Crippen MR) is 88.9 cm³/mol. The van der Waals surface area contributed by atoms with Gasteiger partial charge in [-0.2, -0.15) is 0 Å². The molecule has 0 aliphatic rings. The van der Waals surface area contributed by atoms with Crippen molar-refractivity contribution in [3.05, 3.63) is 54.1 Å². The molecular weight excluding hydrogens is 324 g/mol. The molecule has 0 saturated carbocycles. The van der Waals surface area contributed by atoms with E-state index in [1.165, 1.54) is 20.4 Å². The van der Waals surface area contributed by atoms with E-state index in [9.17, 15) is 14.4 Å². The number of benzene rings is 1. The van der Waals surface area contributed by atoms with E-state index in [0.29, 0.717) is 5.56 Å². The summed E-state index contributed by atoms with van der Waals surface area (Å²) >= 11 is 0. The molecule has 1 aromatic carbocycles. The zero-order valence-corrected chi connectivity index (χ0v) is 14.3. The first-order valence-electron chi connectivity index (χ1n) is 7.70. The van der Waals surface area contributed by atoms with Crippen molar-refractivity contribution in [3.63, 3.8) is 0 Å². The zero-order chi connectivity index (χ0) is 18.4. The minimum atomic E-state index is -1.23. The molecule has 132 valence electrons. The van der Waals surface area contributed by atoms with E-state index in [0.717, 1.165) is 0 Å². The average Bonchev–Trinajstić information content (AvgIpc) is 3.07. The van der Waals surface area contributed by atoms with Gasteiger partial charge in [0.05, 0.1) is 14.2 Å². The van der Waals surface area contributed by atoms with Crippen molar-refractivity contribution in [2.24, 2.45) is 13.0 Å². The van der Waals surface area contributed by atoms with Crippen molar-refractivity contribution >= 4 is 17.7 Å². The van der Waals surface area contributed by atoms with E-state index in [1.807, 2.05) is 6.07 Å². The molecule has 7 nitrogen and oxygen atoms in total. The summed E-state index contributed by atoms with van der Waals surface area (Å²) in [6, 6.07) is 8.88. The van der Waals surface area contributed by atoms with Crippen LogP contribution in [0.4, 0.5) is 0 Å². The largest absolute Gasteiger partial charge is 0.468 e. The highest BCUT2D eigenvalue weighted by atomic mass is 16.5. The molecule has 0 bridgehead atoms. The molecule has 0 fully saturated rings. The molecule has 0 unspecified atom stereocenters. The molecule has 1 heterocycles. The molecule has 25 heavy (non-hydrogen) atoms. The normalized spacial score (nSPS) is 11.8. The van der Waals surface area contributed by atoms with Gasteiger partial charge in [-0.3, -0.25) is 14.4 Å². The van der Waals surface area contributed by atoms with Gasteiger partial charge >= 0.3 is 11.9 Å². The van der Waals surface area contributed by atoms with Gasteiger partial charge in [0, 0.05) is 31.8 Å². The van der Waals surface area contributed by atoms with Gasteiger partial charge in [-0.25, -0.2) is 4.98 Å². The number of esters is 2. The van der Waals surface area contributed by atoms with Crippen molar-refractivity contribution in [1.82, 2.24) is 9.55 Å². The number of carbonyl (C=O) groups is 3. The van der Waals surface area contributed by atoms with E-state index in [2.05, 4.69) is 4.98 Å². The lowest BCUT2D eigenvalue weighted by Crippen LogP contribution is -2.33. The maximum Gasteiger partial charge on any atom is 0.320 e. The predicted octanol–water partition coefficient (Wildman–Crippen LogP) is 1.74. The molecule has 0 aliphatic heterocycles. The van der Waals surface area contributed by atoms with Crippen LogP contribution in [0.25, 0.3) is 0 Å². The van der Waals surface area contributed by atoms with Crippen molar-refractivity contribution in [2.45, 2.75) is 12.3 Å². The van der Waals surface area contributed by atoms with Crippen LogP contribution in [0.5, 0.6) is 0 Å². The first-order valence-corrected chi connectivity index (χ1v) is 7.70. The minimum absolute atomic E-state index is 0.0796. The van der Waals surface area contributed by atoms with Crippen molar-refractivity contribution in [3.8, 4) is 0 Å². The van der Waals surface area contributed by atoms with Crippen LogP contribution in [-0.2, 0) is 26.1 Å². The summed E-state index contributed by atoms with van der Waals surface area (Å²) in [5, 5.41) is 0. The molecule has 0 radical (unpaired) electrons. The standard InChI is InChI=1S/C18H20N2O5/c1-20-10-9-19-16(20)14(21)11-13(12-7-5-4-6-8-12)15(17(22)24-2)18(23)25-3/h4-10,13,15H,11H2,1-3H3/t13-/m1/s1. The molecule has 0 saturated heterocycles. The maximum absolute atomic E-state index is 12.6. The van der Waals surface area contributed by atoms with Gasteiger partial charge in [-0.15, -0.1) is 0 Å². The second kappa shape index (κ2) is 8.23. The van der Waals surface area contributed by atoms with Crippen molar-refractivity contribution in [1.29, 1.82) is 0 Å². The van der Waals surface area contributed by atoms with Crippen LogP contribution in [-0.4, -0.2) is 41.5 Å². The topological polar surface area (TPSA) is 87.5 Å². The zero-order valence-electron chi connectivity index (χ0n) is 14.3. The Kier molecular flexibility index (Phi) is 6.05. The van der Waals surface area contributed by atoms with Gasteiger partial charge in [0.15, 0.2) is 17.5 Å². The summed E-state index contributed by atoms with van der Waals surface area (Å²) in [6.07, 6.45) is 3.09. The number of carbonyl (C=O) groups excluding carboxylic acids is 3. The number of hydrogen-bond donors (Lipinski definition) is 0. The van der Waals surface area contributed by atoms with E-state index < -0.39 is 23.8 Å². The third kappa shape index (κ3) is 4.12. The third-order valence-corrected chi connectivity index (χ3v) is 4.02. The van der Waals surface area contributed by atoms with Crippen LogP contribution < -0.4 is 0 Å². The number of aromatic nitrogens is 2. The Morgan fingerprint density at radius 2 is 1.68 bits per heavy atom. The first kappa shape index (κ1) is 18.4. The fourth-order valence-electron chi connectivity index (χ4n) is 2.73. The molecular formula is C18H20N2O5. The molecule has 1 atom stereocenters. The van der Waals surface area contributed by atoms with Gasteiger partial charge in [0.25, 0.3) is 0 Å². The molecule has 0 amide bonds. The molecule has 2 rings (SSSR count). The molecule has 0 aliphatic carbocycles. The monoisotopic (exact) mass is 344 g/mol. The SMILES string of the molecule is COC(=O)C(C(=O)OC)[C@H](CC(=O)c1nccn1C)c1ccccc1. The van der Waals surface area contributed by atoms with E-state index in [4.69, 9.17) is 9.47 Å². The Morgan fingerprint density at radius 1 is 1.08 bits per heavy atom. The third-order valence-electron chi connectivity index (χ3n) is 4.02. The van der Waals surface area contributed by atoms with Crippen LogP contribution in [0.15, 0.2) is 42.7 Å². The molecule has 2 aromatic rings. The quantitative estimate of drug-likeness (QED) is 0.432. The molecule has 0 spiro atoms. The second-order valence-electron chi connectivity index (χ2n) is 5.53. The average molecular weight is 344 g/mol. The van der Waals surface area contributed by atoms with Crippen LogP contribution in [0.3, 0.4) is 0 Å². The number of rotatable bonds is 7. The van der Waals surface area contributed by atoms with Gasteiger partial charge in [-0.1, -0.05) is 30.3 Å². The summed E-state index contributed by atoms with van der Waals surface area (Å²) in [5.41, 5.74) is 0.672. The highest BCUT2D eigenvalue weighted by Gasteiger charge is 2.39. The fraction of sp³-hybridized carbons (Fsp3) is 0.333. The number of ether oxygens (including phenoxy) is 2. The number of imidazole rings is 1. The number of ketones is 1. The maximum atomic E-state index is 12.6. The van der Waals surface area contributed by atoms with Crippen molar-refractivity contribution in [2.75, 3.05) is 14.2 Å². The Hall–Kier alpha value is -2.96. The lowest BCUT2D eigenvalue weighted by molar-refractivity contribution is -0.159. The number of hydrogen-bond acceptors (Lipinski definition) is 6.